The number of phenolic OH excluding ortho intramolecular Hbond substituents is 1. The molecule has 2 rings (SSSR count). The van der Waals surface area contributed by atoms with E-state index in [9.17, 15) is 5.11 Å². The van der Waals surface area contributed by atoms with Crippen LogP contribution in [0.2, 0.25) is 0 Å². The van der Waals surface area contributed by atoms with E-state index in [2.05, 4.69) is 10.5 Å². The highest BCUT2D eigenvalue weighted by atomic mass is 16.5. The van der Waals surface area contributed by atoms with E-state index in [-0.39, 0.29) is 5.75 Å². The summed E-state index contributed by atoms with van der Waals surface area (Å²) in [6.45, 7) is 5.40. The topological polar surface area (TPSA) is 67.5 Å². The molecule has 5 nitrogen and oxygen atoms in total. The molecule has 2 N–H and O–H groups in total. The summed E-state index contributed by atoms with van der Waals surface area (Å²) in [6, 6.07) is 7.35. The number of aromatic nitrogens is 1. The summed E-state index contributed by atoms with van der Waals surface area (Å²) in [6.07, 6.45) is 0. The molecule has 0 amide bonds. The number of para-hydroxylation sites is 1. The van der Waals surface area contributed by atoms with E-state index in [1.54, 1.807) is 6.07 Å². The third kappa shape index (κ3) is 3.48. The van der Waals surface area contributed by atoms with E-state index < -0.39 is 0 Å². The molecule has 0 spiro atoms. The molecule has 1 aromatic carbocycles. The number of hydrogen-bond donors (Lipinski definition) is 2. The van der Waals surface area contributed by atoms with Crippen LogP contribution in [-0.4, -0.2) is 16.9 Å². The van der Waals surface area contributed by atoms with Crippen LogP contribution in [0.1, 0.15) is 23.9 Å². The molecule has 0 saturated heterocycles. The molecule has 0 saturated carbocycles. The Hall–Kier alpha value is -2.01. The summed E-state index contributed by atoms with van der Waals surface area (Å²) >= 11 is 0. The van der Waals surface area contributed by atoms with E-state index in [1.807, 2.05) is 32.0 Å². The van der Waals surface area contributed by atoms with Crippen molar-refractivity contribution in [2.24, 2.45) is 0 Å². The minimum absolute atomic E-state index is 0.186. The number of phenols is 1. The van der Waals surface area contributed by atoms with Crippen LogP contribution in [0.3, 0.4) is 0 Å². The highest BCUT2D eigenvalue weighted by Gasteiger charge is 2.08. The van der Waals surface area contributed by atoms with Crippen molar-refractivity contribution < 1.29 is 14.4 Å². The first kappa shape index (κ1) is 13.4. The molecule has 0 unspecified atom stereocenters. The number of hydrogen-bond acceptors (Lipinski definition) is 5. The SMILES string of the molecule is CCOc1cccc(CNCc2cc(C)no2)c1O. The van der Waals surface area contributed by atoms with Crippen LogP contribution in [0, 0.1) is 6.92 Å². The Morgan fingerprint density at radius 2 is 2.21 bits per heavy atom. The van der Waals surface area contributed by atoms with Gasteiger partial charge in [-0.25, -0.2) is 0 Å². The van der Waals surface area contributed by atoms with Crippen molar-refractivity contribution in [1.82, 2.24) is 10.5 Å². The summed E-state index contributed by atoms with van der Waals surface area (Å²) < 4.78 is 10.4. The maximum atomic E-state index is 10.0. The average molecular weight is 262 g/mol. The number of nitrogens with one attached hydrogen (secondary N) is 1. The minimum Gasteiger partial charge on any atom is -0.504 e. The molecule has 0 radical (unpaired) electrons. The van der Waals surface area contributed by atoms with E-state index in [0.29, 0.717) is 25.4 Å². The predicted octanol–water partition coefficient (Wildman–Crippen LogP) is 2.38. The second-order valence-electron chi connectivity index (χ2n) is 4.24. The van der Waals surface area contributed by atoms with Gasteiger partial charge in [0.05, 0.1) is 18.8 Å². The normalized spacial score (nSPS) is 10.6. The van der Waals surface area contributed by atoms with Gasteiger partial charge in [-0.15, -0.1) is 0 Å². The van der Waals surface area contributed by atoms with Gasteiger partial charge in [0.25, 0.3) is 0 Å². The standard InChI is InChI=1S/C14H18N2O3/c1-3-18-13-6-4-5-11(14(13)17)8-15-9-12-7-10(2)16-19-12/h4-7,15,17H,3,8-9H2,1-2H3. The van der Waals surface area contributed by atoms with Crippen molar-refractivity contribution in [1.29, 1.82) is 0 Å². The van der Waals surface area contributed by atoms with Crippen molar-refractivity contribution >= 4 is 0 Å². The fourth-order valence-electron chi connectivity index (χ4n) is 1.80. The van der Waals surface area contributed by atoms with E-state index in [0.717, 1.165) is 17.0 Å². The first-order chi connectivity index (χ1) is 9.20. The third-order valence-electron chi connectivity index (χ3n) is 2.67. The van der Waals surface area contributed by atoms with Gasteiger partial charge in [0.1, 0.15) is 0 Å². The molecule has 1 heterocycles. The largest absolute Gasteiger partial charge is 0.504 e. The monoisotopic (exact) mass is 262 g/mol. The smallest absolute Gasteiger partial charge is 0.162 e. The van der Waals surface area contributed by atoms with Crippen LogP contribution >= 0.6 is 0 Å². The maximum absolute atomic E-state index is 10.0. The third-order valence-corrected chi connectivity index (χ3v) is 2.67. The Kier molecular flexibility index (Phi) is 4.41. The summed E-state index contributed by atoms with van der Waals surface area (Å²) in [5, 5.41) is 17.0. The van der Waals surface area contributed by atoms with Crippen molar-refractivity contribution in [2.45, 2.75) is 26.9 Å². The Morgan fingerprint density at radius 1 is 1.37 bits per heavy atom. The summed E-state index contributed by atoms with van der Waals surface area (Å²) in [4.78, 5) is 0. The van der Waals surface area contributed by atoms with Crippen LogP contribution < -0.4 is 10.1 Å². The molecule has 0 fully saturated rings. The van der Waals surface area contributed by atoms with Gasteiger partial charge in [-0.05, 0) is 19.9 Å². The molecule has 19 heavy (non-hydrogen) atoms. The molecule has 5 heteroatoms. The van der Waals surface area contributed by atoms with Crippen LogP contribution in [0.5, 0.6) is 11.5 Å². The van der Waals surface area contributed by atoms with Crippen molar-refractivity contribution in [3.8, 4) is 11.5 Å². The lowest BCUT2D eigenvalue weighted by Gasteiger charge is -2.10. The first-order valence-corrected chi connectivity index (χ1v) is 6.27. The quantitative estimate of drug-likeness (QED) is 0.836. The van der Waals surface area contributed by atoms with Gasteiger partial charge in [-0.2, -0.15) is 0 Å². The second-order valence-corrected chi connectivity index (χ2v) is 4.24. The molecule has 0 aliphatic carbocycles. The lowest BCUT2D eigenvalue weighted by molar-refractivity contribution is 0.316. The fraction of sp³-hybridized carbons (Fsp3) is 0.357. The highest BCUT2D eigenvalue weighted by molar-refractivity contribution is 5.45. The number of nitrogens with zero attached hydrogens (tertiary/aromatic N) is 1. The Balaban J connectivity index is 1.94. The summed E-state index contributed by atoms with van der Waals surface area (Å²) in [5.74, 6) is 1.47. The lowest BCUT2D eigenvalue weighted by atomic mass is 10.2. The Morgan fingerprint density at radius 3 is 2.89 bits per heavy atom. The van der Waals surface area contributed by atoms with Gasteiger partial charge in [0, 0.05) is 18.2 Å². The predicted molar refractivity (Wildman–Crippen MR) is 71.1 cm³/mol. The zero-order valence-electron chi connectivity index (χ0n) is 11.1. The summed E-state index contributed by atoms with van der Waals surface area (Å²) in [5.41, 5.74) is 1.65. The van der Waals surface area contributed by atoms with E-state index >= 15 is 0 Å². The Labute approximate surface area is 112 Å². The number of benzene rings is 1. The van der Waals surface area contributed by atoms with Crippen molar-refractivity contribution in [3.05, 3.63) is 41.3 Å². The molecular formula is C14H18N2O3. The average Bonchev–Trinajstić information content (AvgIpc) is 2.80. The molecule has 1 aromatic heterocycles. The van der Waals surface area contributed by atoms with Gasteiger partial charge in [-0.1, -0.05) is 17.3 Å². The van der Waals surface area contributed by atoms with Crippen LogP contribution in [0.4, 0.5) is 0 Å². The van der Waals surface area contributed by atoms with Gasteiger partial charge in [-0.3, -0.25) is 0 Å². The van der Waals surface area contributed by atoms with Gasteiger partial charge in [0.2, 0.25) is 0 Å². The molecule has 0 atom stereocenters. The molecule has 0 bridgehead atoms. The Bertz CT molecular complexity index is 537. The van der Waals surface area contributed by atoms with Crippen LogP contribution in [-0.2, 0) is 13.1 Å². The van der Waals surface area contributed by atoms with Gasteiger partial charge < -0.3 is 19.7 Å². The minimum atomic E-state index is 0.186. The molecule has 102 valence electrons. The second kappa shape index (κ2) is 6.24. The number of aromatic hydroxyl groups is 1. The van der Waals surface area contributed by atoms with Gasteiger partial charge in [0.15, 0.2) is 17.3 Å². The number of ether oxygens (including phenoxy) is 1. The van der Waals surface area contributed by atoms with Crippen LogP contribution in [0.15, 0.2) is 28.8 Å². The maximum Gasteiger partial charge on any atom is 0.162 e. The molecule has 0 aliphatic heterocycles. The van der Waals surface area contributed by atoms with Crippen molar-refractivity contribution in [2.75, 3.05) is 6.61 Å². The lowest BCUT2D eigenvalue weighted by Crippen LogP contribution is -2.12. The van der Waals surface area contributed by atoms with Crippen LogP contribution in [0.25, 0.3) is 0 Å². The molecular weight excluding hydrogens is 244 g/mol. The number of rotatable bonds is 6. The highest BCUT2D eigenvalue weighted by Crippen LogP contribution is 2.29. The number of aryl methyl sites for hydroxylation is 1. The zero-order valence-corrected chi connectivity index (χ0v) is 11.1. The first-order valence-electron chi connectivity index (χ1n) is 6.27. The summed E-state index contributed by atoms with van der Waals surface area (Å²) in [7, 11) is 0. The van der Waals surface area contributed by atoms with E-state index in [1.165, 1.54) is 0 Å². The zero-order chi connectivity index (χ0) is 13.7. The molecule has 0 aliphatic rings. The van der Waals surface area contributed by atoms with Crippen molar-refractivity contribution in [3.63, 3.8) is 0 Å². The molecule has 2 aromatic rings. The van der Waals surface area contributed by atoms with Gasteiger partial charge >= 0.3 is 0 Å². The van der Waals surface area contributed by atoms with E-state index in [4.69, 9.17) is 9.26 Å². The fourth-order valence-corrected chi connectivity index (χ4v) is 1.80.